The number of hydrogen-bond donors (Lipinski definition) is 2. The maximum absolute atomic E-state index is 12.1. The summed E-state index contributed by atoms with van der Waals surface area (Å²) < 4.78 is 5.16. The van der Waals surface area contributed by atoms with Crippen molar-refractivity contribution in [2.45, 2.75) is 12.8 Å². The number of nitrogens with one attached hydrogen (secondary N) is 1. The minimum Gasteiger partial charge on any atom is -0.497 e. The quantitative estimate of drug-likeness (QED) is 0.759. The predicted octanol–water partition coefficient (Wildman–Crippen LogP) is 0.792. The summed E-state index contributed by atoms with van der Waals surface area (Å²) in [6, 6.07) is 7.40. The summed E-state index contributed by atoms with van der Waals surface area (Å²) in [5, 5.41) is 2.49. The number of benzene rings is 1. The molecule has 23 heavy (non-hydrogen) atoms. The number of nitrogens with two attached hydrogens (primary N) is 1. The van der Waals surface area contributed by atoms with Crippen molar-refractivity contribution in [2.75, 3.05) is 44.7 Å². The number of carbonyl (C=O) groups excluding carboxylic acids is 2. The van der Waals surface area contributed by atoms with Crippen LogP contribution in [0.1, 0.15) is 12.8 Å². The molecule has 1 saturated heterocycles. The van der Waals surface area contributed by atoms with E-state index in [0.717, 1.165) is 24.5 Å². The summed E-state index contributed by atoms with van der Waals surface area (Å²) >= 11 is 0. The number of rotatable bonds is 6. The molecule has 1 aliphatic heterocycles. The number of piperazine rings is 1. The Morgan fingerprint density at radius 2 is 1.83 bits per heavy atom. The molecule has 0 radical (unpaired) electrons. The van der Waals surface area contributed by atoms with Gasteiger partial charge in [0, 0.05) is 44.8 Å². The number of primary amides is 1. The van der Waals surface area contributed by atoms with Gasteiger partial charge in [-0.15, -0.1) is 0 Å². The highest BCUT2D eigenvalue weighted by molar-refractivity contribution is 5.76. The van der Waals surface area contributed by atoms with Crippen LogP contribution in [0.2, 0.25) is 0 Å². The highest BCUT2D eigenvalue weighted by Crippen LogP contribution is 2.20. The van der Waals surface area contributed by atoms with E-state index < -0.39 is 6.03 Å². The Balaban J connectivity index is 1.74. The molecule has 0 atom stereocenters. The average Bonchev–Trinajstić information content (AvgIpc) is 2.58. The van der Waals surface area contributed by atoms with Gasteiger partial charge in [-0.1, -0.05) is 0 Å². The average molecular weight is 320 g/mol. The van der Waals surface area contributed by atoms with Gasteiger partial charge < -0.3 is 25.6 Å². The lowest BCUT2D eigenvalue weighted by atomic mass is 10.2. The zero-order valence-corrected chi connectivity index (χ0v) is 13.5. The fourth-order valence-corrected chi connectivity index (χ4v) is 2.62. The van der Waals surface area contributed by atoms with Gasteiger partial charge in [0.2, 0.25) is 5.91 Å². The van der Waals surface area contributed by atoms with Crippen LogP contribution in [0.3, 0.4) is 0 Å². The molecule has 0 aliphatic carbocycles. The lowest BCUT2D eigenvalue weighted by molar-refractivity contribution is -0.131. The van der Waals surface area contributed by atoms with Gasteiger partial charge in [0.25, 0.3) is 0 Å². The van der Waals surface area contributed by atoms with E-state index in [4.69, 9.17) is 10.5 Å². The van der Waals surface area contributed by atoms with Crippen molar-refractivity contribution >= 4 is 17.6 Å². The van der Waals surface area contributed by atoms with Gasteiger partial charge in [0.05, 0.1) is 7.11 Å². The van der Waals surface area contributed by atoms with E-state index in [-0.39, 0.29) is 5.91 Å². The van der Waals surface area contributed by atoms with E-state index in [1.165, 1.54) is 0 Å². The molecule has 3 N–H and O–H groups in total. The van der Waals surface area contributed by atoms with Gasteiger partial charge in [-0.2, -0.15) is 0 Å². The second kappa shape index (κ2) is 8.26. The van der Waals surface area contributed by atoms with Gasteiger partial charge in [-0.05, 0) is 30.7 Å². The van der Waals surface area contributed by atoms with Crippen molar-refractivity contribution in [3.05, 3.63) is 24.3 Å². The zero-order valence-electron chi connectivity index (χ0n) is 13.5. The first-order valence-corrected chi connectivity index (χ1v) is 7.80. The third-order valence-corrected chi connectivity index (χ3v) is 3.94. The van der Waals surface area contributed by atoms with Gasteiger partial charge in [-0.25, -0.2) is 4.79 Å². The molecule has 1 fully saturated rings. The van der Waals surface area contributed by atoms with Gasteiger partial charge in [-0.3, -0.25) is 4.79 Å². The number of amides is 3. The van der Waals surface area contributed by atoms with Gasteiger partial charge in [0.15, 0.2) is 0 Å². The van der Waals surface area contributed by atoms with E-state index >= 15 is 0 Å². The predicted molar refractivity (Wildman–Crippen MR) is 88.6 cm³/mol. The van der Waals surface area contributed by atoms with E-state index in [1.54, 1.807) is 7.11 Å². The van der Waals surface area contributed by atoms with E-state index in [9.17, 15) is 9.59 Å². The molecule has 1 aromatic rings. The van der Waals surface area contributed by atoms with Crippen LogP contribution < -0.4 is 20.7 Å². The Hall–Kier alpha value is -2.44. The number of methoxy groups -OCH3 is 1. The number of ether oxygens (including phenoxy) is 1. The van der Waals surface area contributed by atoms with E-state index in [1.807, 2.05) is 29.2 Å². The lowest BCUT2D eigenvalue weighted by Gasteiger charge is -2.36. The molecular formula is C16H24N4O3. The molecule has 0 saturated carbocycles. The molecule has 0 aromatic heterocycles. The van der Waals surface area contributed by atoms with Crippen molar-refractivity contribution in [2.24, 2.45) is 5.73 Å². The number of carbonyl (C=O) groups is 2. The van der Waals surface area contributed by atoms with Crippen LogP contribution >= 0.6 is 0 Å². The van der Waals surface area contributed by atoms with Gasteiger partial charge >= 0.3 is 6.03 Å². The van der Waals surface area contributed by atoms with Crippen LogP contribution in [0.15, 0.2) is 24.3 Å². The minimum absolute atomic E-state index is 0.130. The third-order valence-electron chi connectivity index (χ3n) is 3.94. The number of nitrogens with zero attached hydrogens (tertiary/aromatic N) is 2. The van der Waals surface area contributed by atoms with E-state index in [2.05, 4.69) is 10.2 Å². The molecule has 7 heteroatoms. The molecule has 7 nitrogen and oxygen atoms in total. The molecule has 0 spiro atoms. The summed E-state index contributed by atoms with van der Waals surface area (Å²) in [6.07, 6.45) is 1.04. The first-order chi connectivity index (χ1) is 11.1. The normalized spacial score (nSPS) is 14.5. The molecule has 0 unspecified atom stereocenters. The molecule has 1 heterocycles. The van der Waals surface area contributed by atoms with Crippen LogP contribution in [0, 0.1) is 0 Å². The molecule has 126 valence electrons. The topological polar surface area (TPSA) is 87.9 Å². The summed E-state index contributed by atoms with van der Waals surface area (Å²) in [6.45, 7) is 3.50. The van der Waals surface area contributed by atoms with E-state index in [0.29, 0.717) is 32.5 Å². The summed E-state index contributed by atoms with van der Waals surface area (Å²) in [7, 11) is 1.65. The maximum Gasteiger partial charge on any atom is 0.312 e. The molecule has 3 amide bonds. The third kappa shape index (κ3) is 5.05. The van der Waals surface area contributed by atoms with Crippen molar-refractivity contribution in [1.82, 2.24) is 10.2 Å². The van der Waals surface area contributed by atoms with Crippen LogP contribution in [0.25, 0.3) is 0 Å². The monoisotopic (exact) mass is 320 g/mol. The van der Waals surface area contributed by atoms with Crippen LogP contribution in [-0.2, 0) is 4.79 Å². The summed E-state index contributed by atoms with van der Waals surface area (Å²) in [4.78, 5) is 26.8. The number of hydrogen-bond acceptors (Lipinski definition) is 4. The van der Waals surface area contributed by atoms with Gasteiger partial charge in [0.1, 0.15) is 5.75 Å². The minimum atomic E-state index is -0.550. The molecular weight excluding hydrogens is 296 g/mol. The Kier molecular flexibility index (Phi) is 6.08. The Morgan fingerprint density at radius 3 is 2.39 bits per heavy atom. The summed E-state index contributed by atoms with van der Waals surface area (Å²) in [5.74, 6) is 0.970. The smallest absolute Gasteiger partial charge is 0.312 e. The second-order valence-corrected chi connectivity index (χ2v) is 5.46. The van der Waals surface area contributed by atoms with Crippen molar-refractivity contribution in [3.63, 3.8) is 0 Å². The largest absolute Gasteiger partial charge is 0.497 e. The summed E-state index contributed by atoms with van der Waals surface area (Å²) in [5.41, 5.74) is 6.12. The van der Waals surface area contributed by atoms with Crippen molar-refractivity contribution < 1.29 is 14.3 Å². The first-order valence-electron chi connectivity index (χ1n) is 7.80. The highest BCUT2D eigenvalue weighted by Gasteiger charge is 2.20. The fraction of sp³-hybridized carbons (Fsp3) is 0.500. The second-order valence-electron chi connectivity index (χ2n) is 5.46. The van der Waals surface area contributed by atoms with Crippen molar-refractivity contribution in [1.29, 1.82) is 0 Å². The standard InChI is InChI=1S/C16H24N4O3/c1-23-14-6-4-13(5-7-14)19-9-11-20(12-10-19)15(21)3-2-8-18-16(17)22/h4-7H,2-3,8-12H2,1H3,(H3,17,18,22). The zero-order chi connectivity index (χ0) is 16.7. The lowest BCUT2D eigenvalue weighted by Crippen LogP contribution is -2.48. The Bertz CT molecular complexity index is 525. The Labute approximate surface area is 136 Å². The number of anilines is 1. The molecule has 1 aliphatic rings. The number of urea groups is 1. The van der Waals surface area contributed by atoms with Crippen LogP contribution in [0.5, 0.6) is 5.75 Å². The maximum atomic E-state index is 12.1. The Morgan fingerprint density at radius 1 is 1.17 bits per heavy atom. The molecule has 0 bridgehead atoms. The molecule has 1 aromatic carbocycles. The van der Waals surface area contributed by atoms with Crippen LogP contribution in [-0.4, -0.2) is 56.7 Å². The molecule has 2 rings (SSSR count). The highest BCUT2D eigenvalue weighted by atomic mass is 16.5. The van der Waals surface area contributed by atoms with Crippen LogP contribution in [0.4, 0.5) is 10.5 Å². The van der Waals surface area contributed by atoms with Crippen molar-refractivity contribution in [3.8, 4) is 5.75 Å². The SMILES string of the molecule is COc1ccc(N2CCN(C(=O)CCCNC(N)=O)CC2)cc1. The first kappa shape index (κ1) is 16.9. The fourth-order valence-electron chi connectivity index (χ4n) is 2.62.